The summed E-state index contributed by atoms with van der Waals surface area (Å²) in [6.07, 6.45) is 10.1. The summed E-state index contributed by atoms with van der Waals surface area (Å²) in [5.74, 6) is -2.57. The van der Waals surface area contributed by atoms with E-state index in [4.69, 9.17) is 9.47 Å². The molecule has 4 aliphatic heterocycles. The Hall–Kier alpha value is -4.22. The number of ether oxygens (including phenoxy) is 2. The van der Waals surface area contributed by atoms with Crippen LogP contribution in [0.4, 0.5) is 9.59 Å². The van der Waals surface area contributed by atoms with Crippen molar-refractivity contribution in [3.63, 3.8) is 0 Å². The zero-order valence-corrected chi connectivity index (χ0v) is 35.4. The first-order chi connectivity index (χ1) is 28.1. The van der Waals surface area contributed by atoms with Crippen LogP contribution in [0.2, 0.25) is 0 Å². The number of nitrogens with zero attached hydrogens (tertiary/aromatic N) is 3. The number of likely N-dealkylation sites (tertiary alicyclic amines) is 1. The summed E-state index contributed by atoms with van der Waals surface area (Å²) >= 11 is 0. The Balaban J connectivity index is 1.14. The Kier molecular flexibility index (Phi) is 12.9. The third kappa shape index (κ3) is 10.8. The lowest BCUT2D eigenvalue weighted by atomic mass is 9.92. The molecule has 6 atom stereocenters. The first-order valence-electron chi connectivity index (χ1n) is 21.5. The second-order valence-electron chi connectivity index (χ2n) is 18.1. The fraction of sp³-hybridized carbons (Fsp3) is 0.690. The molecule has 0 bridgehead atoms. The second kappa shape index (κ2) is 17.8. The van der Waals surface area contributed by atoms with Crippen molar-refractivity contribution in [1.29, 1.82) is 0 Å². The van der Waals surface area contributed by atoms with Crippen molar-refractivity contribution in [1.82, 2.24) is 34.8 Å². The fourth-order valence-corrected chi connectivity index (χ4v) is 10.1. The van der Waals surface area contributed by atoms with Gasteiger partial charge in [0, 0.05) is 31.5 Å². The highest BCUT2D eigenvalue weighted by atomic mass is 32.2. The molecule has 16 nitrogen and oxygen atoms in total. The van der Waals surface area contributed by atoms with E-state index < -0.39 is 75.4 Å². The van der Waals surface area contributed by atoms with Crippen molar-refractivity contribution in [2.45, 2.75) is 146 Å². The minimum atomic E-state index is -4.19. The summed E-state index contributed by atoms with van der Waals surface area (Å²) in [7, 11) is -4.19. The van der Waals surface area contributed by atoms with E-state index in [-0.39, 0.29) is 37.9 Å². The maximum atomic E-state index is 14.6. The lowest BCUT2D eigenvalue weighted by Crippen LogP contribution is -2.59. The van der Waals surface area contributed by atoms with Gasteiger partial charge in [0.05, 0.1) is 12.6 Å². The topological polar surface area (TPSA) is 196 Å². The normalized spacial score (nSPS) is 29.4. The maximum Gasteiger partial charge on any atom is 0.410 e. The molecule has 1 aromatic rings. The van der Waals surface area contributed by atoms with E-state index in [0.717, 1.165) is 44.3 Å². The number of carbonyl (C=O) groups excluding carboxylic acids is 5. The van der Waals surface area contributed by atoms with Gasteiger partial charge in [-0.3, -0.25) is 19.3 Å². The van der Waals surface area contributed by atoms with Gasteiger partial charge in [0.25, 0.3) is 5.91 Å². The molecule has 7 rings (SSSR count). The Morgan fingerprint density at radius 3 is 2.46 bits per heavy atom. The number of allylic oxidation sites excluding steroid dienone is 1. The lowest BCUT2D eigenvalue weighted by molar-refractivity contribution is -0.141. The Morgan fingerprint density at radius 2 is 1.71 bits per heavy atom. The molecule has 0 radical (unpaired) electrons. The van der Waals surface area contributed by atoms with E-state index in [0.29, 0.717) is 45.2 Å². The van der Waals surface area contributed by atoms with Crippen LogP contribution in [0.5, 0.6) is 0 Å². The van der Waals surface area contributed by atoms with Crippen molar-refractivity contribution in [2.24, 2.45) is 5.92 Å². The molecule has 17 heteroatoms. The SMILES string of the molecule is CC(C)(C)OC(=O)N[C@H]1CCCCCC=CC2C[C@@]2(C(=O)NS(=O)(=O)NC2CC2)NC(=O)[C@@H]2C[C@@H](OC(=O)N3CCc4ccccc4C3CN3CCCCC3)CN2C1=O. The van der Waals surface area contributed by atoms with Crippen molar-refractivity contribution < 1.29 is 41.9 Å². The quantitative estimate of drug-likeness (QED) is 0.281. The average Bonchev–Trinajstić information content (AvgIpc) is 4.08. The number of fused-ring (bicyclic) bond motifs is 3. The first kappa shape index (κ1) is 42.9. The van der Waals surface area contributed by atoms with Gasteiger partial charge in [-0.05, 0) is 103 Å². The number of hydrogen-bond acceptors (Lipinski definition) is 10. The van der Waals surface area contributed by atoms with Gasteiger partial charge in [0.15, 0.2) is 0 Å². The molecule has 6 aliphatic rings. The molecule has 2 unspecified atom stereocenters. The molecule has 324 valence electrons. The molecule has 5 amide bonds. The third-order valence-corrected chi connectivity index (χ3v) is 13.4. The molecule has 2 aliphatic carbocycles. The monoisotopic (exact) mass is 839 g/mol. The van der Waals surface area contributed by atoms with Gasteiger partial charge in [-0.2, -0.15) is 13.1 Å². The van der Waals surface area contributed by atoms with E-state index in [1.165, 1.54) is 16.9 Å². The largest absolute Gasteiger partial charge is 0.444 e. The minimum Gasteiger partial charge on any atom is -0.444 e. The van der Waals surface area contributed by atoms with E-state index in [1.807, 2.05) is 24.3 Å². The Morgan fingerprint density at radius 1 is 0.966 bits per heavy atom. The summed E-state index contributed by atoms with van der Waals surface area (Å²) < 4.78 is 42.1. The van der Waals surface area contributed by atoms with E-state index in [2.05, 4.69) is 37.1 Å². The fourth-order valence-electron chi connectivity index (χ4n) is 8.94. The van der Waals surface area contributed by atoms with Gasteiger partial charge in [0.2, 0.25) is 11.8 Å². The molecule has 4 N–H and O–H groups in total. The molecule has 59 heavy (non-hydrogen) atoms. The summed E-state index contributed by atoms with van der Waals surface area (Å²) in [6, 6.07) is 5.43. The van der Waals surface area contributed by atoms with Gasteiger partial charge in [0.1, 0.15) is 29.3 Å². The summed E-state index contributed by atoms with van der Waals surface area (Å²) in [6.45, 7) is 8.06. The van der Waals surface area contributed by atoms with Crippen LogP contribution in [0.3, 0.4) is 0 Å². The summed E-state index contributed by atoms with van der Waals surface area (Å²) in [5, 5.41) is 5.59. The van der Waals surface area contributed by atoms with Gasteiger partial charge in [-0.25, -0.2) is 14.3 Å². The van der Waals surface area contributed by atoms with Crippen molar-refractivity contribution in [2.75, 3.05) is 32.7 Å². The molecule has 1 aromatic carbocycles. The number of hydrogen-bond donors (Lipinski definition) is 4. The third-order valence-electron chi connectivity index (χ3n) is 12.3. The average molecular weight is 840 g/mol. The first-order valence-corrected chi connectivity index (χ1v) is 23.0. The van der Waals surface area contributed by atoms with E-state index in [1.54, 1.807) is 25.7 Å². The number of alkyl carbamates (subject to hydrolysis) is 1. The van der Waals surface area contributed by atoms with Gasteiger partial charge >= 0.3 is 22.4 Å². The van der Waals surface area contributed by atoms with Crippen LogP contribution in [0.25, 0.3) is 0 Å². The van der Waals surface area contributed by atoms with E-state index >= 15 is 0 Å². The molecule has 0 aromatic heterocycles. The van der Waals surface area contributed by atoms with Gasteiger partial charge in [-0.15, -0.1) is 0 Å². The minimum absolute atomic E-state index is 0.0660. The van der Waals surface area contributed by atoms with Crippen LogP contribution in [0, 0.1) is 5.92 Å². The van der Waals surface area contributed by atoms with Gasteiger partial charge < -0.3 is 29.9 Å². The summed E-state index contributed by atoms with van der Waals surface area (Å²) in [5.41, 5.74) is -0.130. The number of nitrogens with one attached hydrogen (secondary N) is 4. The van der Waals surface area contributed by atoms with Crippen LogP contribution in [-0.4, -0.2) is 121 Å². The number of benzene rings is 1. The molecular weight excluding hydrogens is 779 g/mol. The Bertz CT molecular complexity index is 1890. The predicted octanol–water partition coefficient (Wildman–Crippen LogP) is 3.58. The van der Waals surface area contributed by atoms with Crippen LogP contribution in [-0.2, 0) is 40.5 Å². The van der Waals surface area contributed by atoms with Crippen LogP contribution in [0.15, 0.2) is 36.4 Å². The maximum absolute atomic E-state index is 14.6. The zero-order valence-electron chi connectivity index (χ0n) is 34.6. The zero-order chi connectivity index (χ0) is 42.0. The second-order valence-corrected chi connectivity index (χ2v) is 19.6. The highest BCUT2D eigenvalue weighted by molar-refractivity contribution is 7.88. The highest BCUT2D eigenvalue weighted by Gasteiger charge is 2.62. The van der Waals surface area contributed by atoms with E-state index in [9.17, 15) is 32.4 Å². The molecule has 4 heterocycles. The molecule has 2 saturated heterocycles. The Labute approximate surface area is 347 Å². The molecule has 2 saturated carbocycles. The highest BCUT2D eigenvalue weighted by Crippen LogP contribution is 2.46. The standard InChI is InChI=1S/C42H61N7O9S/c1-41(2,3)58-39(53)43-33-17-9-6-4-5-8-15-29-25-42(29,38(52)46-59(55,56)45-30-18-19-30)44-36(50)34-24-31(26-49(34)37(33)51)57-40(54)48-23-20-28-14-10-11-16-32(28)35(48)27-47-21-12-7-13-22-47/h8,10-11,14-16,29-31,33-35,45H,4-7,9,12-13,17-27H2,1-3H3,(H,43,53)(H,44,50)(H,46,52)/t29?,31-,33+,34+,35?,42-/m1/s1. The summed E-state index contributed by atoms with van der Waals surface area (Å²) in [4.78, 5) is 75.7. The predicted molar refractivity (Wildman–Crippen MR) is 218 cm³/mol. The number of piperidine rings is 1. The van der Waals surface area contributed by atoms with Crippen molar-refractivity contribution in [3.05, 3.63) is 47.5 Å². The lowest BCUT2D eigenvalue weighted by Gasteiger charge is -2.40. The number of rotatable bonds is 8. The van der Waals surface area contributed by atoms with Gasteiger partial charge in [-0.1, -0.05) is 55.7 Å². The van der Waals surface area contributed by atoms with Crippen molar-refractivity contribution >= 4 is 40.1 Å². The van der Waals surface area contributed by atoms with Crippen LogP contribution in [0.1, 0.15) is 115 Å². The molecule has 0 spiro atoms. The number of amides is 5. The number of carbonyl (C=O) groups is 5. The molecular formula is C42H61N7O9S. The smallest absolute Gasteiger partial charge is 0.410 e. The molecule has 4 fully saturated rings. The van der Waals surface area contributed by atoms with Crippen LogP contribution < -0.4 is 20.1 Å². The van der Waals surface area contributed by atoms with Crippen molar-refractivity contribution in [3.8, 4) is 0 Å². The van der Waals surface area contributed by atoms with Crippen LogP contribution >= 0.6 is 0 Å².